The molecule has 3 aliphatic rings. The molecule has 0 aromatic carbocycles. The third kappa shape index (κ3) is 2.32. The Morgan fingerprint density at radius 2 is 2.31 bits per heavy atom. The zero-order chi connectivity index (χ0) is 10.3. The van der Waals surface area contributed by atoms with Crippen LogP contribution >= 0.6 is 24.2 Å². The van der Waals surface area contributed by atoms with Gasteiger partial charge in [-0.25, -0.2) is 0 Å². The smallest absolute Gasteiger partial charge is 0.238 e. The van der Waals surface area contributed by atoms with Gasteiger partial charge in [-0.05, 0) is 19.3 Å². The van der Waals surface area contributed by atoms with Crippen molar-refractivity contribution in [3.8, 4) is 0 Å². The van der Waals surface area contributed by atoms with Gasteiger partial charge < -0.3 is 10.1 Å². The Hall–Kier alpha value is 0.0300. The van der Waals surface area contributed by atoms with Crippen LogP contribution in [0, 0.1) is 0 Å². The summed E-state index contributed by atoms with van der Waals surface area (Å²) < 4.78 is 5.71. The standard InChI is InChI=1S/C10H16N2O2S.ClH/c13-10(8-4-15-5-11-8)12-7-3-6-1-2-9(7)14-6;/h6-9,11H,1-5H2,(H,12,13);1H/t6-,7-,8?,9+;/m1./s1. The van der Waals surface area contributed by atoms with E-state index in [9.17, 15) is 4.79 Å². The van der Waals surface area contributed by atoms with E-state index in [1.165, 1.54) is 6.42 Å². The summed E-state index contributed by atoms with van der Waals surface area (Å²) in [5.41, 5.74) is 0. The number of thioether (sulfide) groups is 1. The van der Waals surface area contributed by atoms with Crippen molar-refractivity contribution >= 4 is 30.1 Å². The molecule has 6 heteroatoms. The van der Waals surface area contributed by atoms with Crippen molar-refractivity contribution in [2.45, 2.75) is 43.6 Å². The quantitative estimate of drug-likeness (QED) is 0.763. The van der Waals surface area contributed by atoms with Gasteiger partial charge in [0, 0.05) is 11.6 Å². The lowest BCUT2D eigenvalue weighted by atomic mass is 9.95. The molecule has 0 aromatic heterocycles. The molecule has 92 valence electrons. The molecule has 3 saturated heterocycles. The van der Waals surface area contributed by atoms with Crippen LogP contribution in [-0.4, -0.2) is 41.8 Å². The molecule has 1 amide bonds. The molecule has 1 unspecified atom stereocenters. The number of amides is 1. The minimum absolute atomic E-state index is 0. The van der Waals surface area contributed by atoms with Crippen molar-refractivity contribution in [3.63, 3.8) is 0 Å². The topological polar surface area (TPSA) is 50.4 Å². The maximum Gasteiger partial charge on any atom is 0.238 e. The first-order valence-corrected chi connectivity index (χ1v) is 6.75. The Morgan fingerprint density at radius 3 is 2.88 bits per heavy atom. The van der Waals surface area contributed by atoms with Crippen molar-refractivity contribution in [1.29, 1.82) is 0 Å². The zero-order valence-electron chi connectivity index (χ0n) is 8.98. The highest BCUT2D eigenvalue weighted by Crippen LogP contribution is 2.34. The van der Waals surface area contributed by atoms with Gasteiger partial charge in [-0.3, -0.25) is 10.1 Å². The number of rotatable bonds is 2. The van der Waals surface area contributed by atoms with Crippen LogP contribution in [-0.2, 0) is 9.53 Å². The van der Waals surface area contributed by atoms with Gasteiger partial charge in [-0.2, -0.15) is 0 Å². The summed E-state index contributed by atoms with van der Waals surface area (Å²) in [5, 5.41) is 6.30. The Labute approximate surface area is 106 Å². The van der Waals surface area contributed by atoms with Crippen molar-refractivity contribution < 1.29 is 9.53 Å². The van der Waals surface area contributed by atoms with E-state index in [2.05, 4.69) is 10.6 Å². The fourth-order valence-electron chi connectivity index (χ4n) is 2.64. The van der Waals surface area contributed by atoms with Crippen LogP contribution in [0.2, 0.25) is 0 Å². The number of ether oxygens (including phenoxy) is 1. The Morgan fingerprint density at radius 1 is 1.44 bits per heavy atom. The highest BCUT2D eigenvalue weighted by atomic mass is 35.5. The van der Waals surface area contributed by atoms with Crippen molar-refractivity contribution in [3.05, 3.63) is 0 Å². The molecule has 2 bridgehead atoms. The monoisotopic (exact) mass is 264 g/mol. The Kier molecular flexibility index (Phi) is 4.00. The van der Waals surface area contributed by atoms with Gasteiger partial charge in [-0.15, -0.1) is 24.2 Å². The molecule has 3 aliphatic heterocycles. The fraction of sp³-hybridized carbons (Fsp3) is 0.900. The Bertz CT molecular complexity index is 274. The van der Waals surface area contributed by atoms with Gasteiger partial charge in [0.25, 0.3) is 0 Å². The van der Waals surface area contributed by atoms with Crippen LogP contribution in [0.15, 0.2) is 0 Å². The molecule has 3 rings (SSSR count). The van der Waals surface area contributed by atoms with Gasteiger partial charge in [0.05, 0.1) is 24.3 Å². The normalized spacial score (nSPS) is 40.8. The number of halogens is 1. The first-order chi connectivity index (χ1) is 7.33. The maximum absolute atomic E-state index is 11.8. The lowest BCUT2D eigenvalue weighted by Gasteiger charge is -2.21. The summed E-state index contributed by atoms with van der Waals surface area (Å²) >= 11 is 1.78. The van der Waals surface area contributed by atoms with Crippen LogP contribution in [0.4, 0.5) is 0 Å². The van der Waals surface area contributed by atoms with Crippen molar-refractivity contribution in [2.75, 3.05) is 11.6 Å². The SMILES string of the molecule is Cl.O=C(N[C@@H]1C[C@H]2CC[C@@H]1O2)C1CSCN1. The third-order valence-electron chi connectivity index (χ3n) is 3.47. The molecule has 16 heavy (non-hydrogen) atoms. The van der Waals surface area contributed by atoms with E-state index in [4.69, 9.17) is 4.74 Å². The number of fused-ring (bicyclic) bond motifs is 2. The predicted octanol–water partition coefficient (Wildman–Crippen LogP) is 0.507. The molecular formula is C10H17ClN2O2S. The first kappa shape index (κ1) is 12.5. The van der Waals surface area contributed by atoms with Crippen LogP contribution < -0.4 is 10.6 Å². The van der Waals surface area contributed by atoms with Crippen LogP contribution in [0.5, 0.6) is 0 Å². The lowest BCUT2D eigenvalue weighted by Crippen LogP contribution is -2.49. The van der Waals surface area contributed by atoms with E-state index >= 15 is 0 Å². The minimum atomic E-state index is 0. The van der Waals surface area contributed by atoms with Gasteiger partial charge in [-0.1, -0.05) is 0 Å². The summed E-state index contributed by atoms with van der Waals surface area (Å²) in [7, 11) is 0. The van der Waals surface area contributed by atoms with Crippen molar-refractivity contribution in [1.82, 2.24) is 10.6 Å². The van der Waals surface area contributed by atoms with E-state index in [1.54, 1.807) is 11.8 Å². The summed E-state index contributed by atoms with van der Waals surface area (Å²) in [4.78, 5) is 11.8. The summed E-state index contributed by atoms with van der Waals surface area (Å²) in [6, 6.07) is 0.276. The number of nitrogens with one attached hydrogen (secondary N) is 2. The molecular weight excluding hydrogens is 248 g/mol. The average molecular weight is 265 g/mol. The molecule has 3 fully saturated rings. The molecule has 3 heterocycles. The highest BCUT2D eigenvalue weighted by molar-refractivity contribution is 7.99. The van der Waals surface area contributed by atoms with E-state index in [0.717, 1.165) is 24.5 Å². The second-order valence-electron chi connectivity index (χ2n) is 4.50. The molecule has 2 N–H and O–H groups in total. The van der Waals surface area contributed by atoms with Crippen LogP contribution in [0.25, 0.3) is 0 Å². The van der Waals surface area contributed by atoms with Crippen molar-refractivity contribution in [2.24, 2.45) is 0 Å². The number of carbonyl (C=O) groups excluding carboxylic acids is 1. The number of hydrogen-bond acceptors (Lipinski definition) is 4. The van der Waals surface area contributed by atoms with E-state index in [1.807, 2.05) is 0 Å². The molecule has 0 radical (unpaired) electrons. The molecule has 0 saturated carbocycles. The second kappa shape index (κ2) is 5.12. The third-order valence-corrected chi connectivity index (χ3v) is 4.41. The summed E-state index contributed by atoms with van der Waals surface area (Å²) in [6.07, 6.45) is 3.99. The second-order valence-corrected chi connectivity index (χ2v) is 5.53. The average Bonchev–Trinajstić information content (AvgIpc) is 2.95. The molecule has 0 aliphatic carbocycles. The molecule has 4 atom stereocenters. The van der Waals surface area contributed by atoms with E-state index in [-0.39, 0.29) is 36.5 Å². The Balaban J connectivity index is 0.000000963. The minimum Gasteiger partial charge on any atom is -0.373 e. The van der Waals surface area contributed by atoms with E-state index in [0.29, 0.717) is 6.10 Å². The first-order valence-electron chi connectivity index (χ1n) is 5.60. The van der Waals surface area contributed by atoms with Gasteiger partial charge in [0.2, 0.25) is 5.91 Å². The lowest BCUT2D eigenvalue weighted by molar-refractivity contribution is -0.123. The number of carbonyl (C=O) groups is 1. The molecule has 0 aromatic rings. The molecule has 4 nitrogen and oxygen atoms in total. The van der Waals surface area contributed by atoms with Gasteiger partial charge >= 0.3 is 0 Å². The maximum atomic E-state index is 11.8. The van der Waals surface area contributed by atoms with Gasteiger partial charge in [0.15, 0.2) is 0 Å². The number of hydrogen-bond donors (Lipinski definition) is 2. The molecule has 0 spiro atoms. The summed E-state index contributed by atoms with van der Waals surface area (Å²) in [5.74, 6) is 1.94. The van der Waals surface area contributed by atoms with E-state index < -0.39 is 0 Å². The highest BCUT2D eigenvalue weighted by Gasteiger charge is 2.42. The zero-order valence-corrected chi connectivity index (χ0v) is 10.6. The van der Waals surface area contributed by atoms with Crippen LogP contribution in [0.3, 0.4) is 0 Å². The summed E-state index contributed by atoms with van der Waals surface area (Å²) in [6.45, 7) is 0. The largest absolute Gasteiger partial charge is 0.373 e. The van der Waals surface area contributed by atoms with Gasteiger partial charge in [0.1, 0.15) is 0 Å². The van der Waals surface area contributed by atoms with Crippen LogP contribution in [0.1, 0.15) is 19.3 Å². The predicted molar refractivity (Wildman–Crippen MR) is 65.9 cm³/mol. The fourth-order valence-corrected chi connectivity index (χ4v) is 3.58.